The van der Waals surface area contributed by atoms with Gasteiger partial charge in [0.15, 0.2) is 0 Å². The molecule has 52 heavy (non-hydrogen) atoms. The first-order valence-electron chi connectivity index (χ1n) is 17.4. The van der Waals surface area contributed by atoms with E-state index in [0.717, 1.165) is 22.3 Å². The Morgan fingerprint density at radius 3 is 2.13 bits per heavy atom. The number of carbonyl (C=O) groups excluding carboxylic acids is 5. The van der Waals surface area contributed by atoms with E-state index >= 15 is 0 Å². The van der Waals surface area contributed by atoms with Gasteiger partial charge < -0.3 is 24.4 Å². The summed E-state index contributed by atoms with van der Waals surface area (Å²) in [6.07, 6.45) is 0.153. The van der Waals surface area contributed by atoms with Crippen LogP contribution in [0.1, 0.15) is 62.6 Å². The summed E-state index contributed by atoms with van der Waals surface area (Å²) < 4.78 is 16.8. The van der Waals surface area contributed by atoms with Crippen molar-refractivity contribution in [1.29, 1.82) is 0 Å². The minimum Gasteiger partial charge on any atom is -0.460 e. The largest absolute Gasteiger partial charge is 0.460 e. The summed E-state index contributed by atoms with van der Waals surface area (Å²) in [4.78, 5) is 70.3. The van der Waals surface area contributed by atoms with Crippen LogP contribution in [0.5, 0.6) is 0 Å². The van der Waals surface area contributed by atoms with Gasteiger partial charge in [-0.15, -0.1) is 0 Å². The van der Waals surface area contributed by atoms with E-state index in [-0.39, 0.29) is 32.0 Å². The van der Waals surface area contributed by atoms with Crippen LogP contribution in [0, 0.1) is 0 Å². The Kier molecular flexibility index (Phi) is 10.1. The molecule has 3 atom stereocenters. The van der Waals surface area contributed by atoms with Crippen LogP contribution in [0.3, 0.4) is 0 Å². The van der Waals surface area contributed by atoms with Gasteiger partial charge in [0.05, 0.1) is 0 Å². The zero-order valence-electron chi connectivity index (χ0n) is 29.6. The average Bonchev–Trinajstić information content (AvgIpc) is 3.76. The molecular weight excluding hydrogens is 664 g/mol. The van der Waals surface area contributed by atoms with Crippen molar-refractivity contribution in [2.24, 2.45) is 0 Å². The highest BCUT2D eigenvalue weighted by Crippen LogP contribution is 2.45. The number of benzene rings is 3. The number of esters is 1. The molecule has 0 bridgehead atoms. The van der Waals surface area contributed by atoms with Crippen LogP contribution in [0.2, 0.25) is 0 Å². The molecule has 272 valence electrons. The molecule has 12 heteroatoms. The normalized spacial score (nSPS) is 20.1. The molecule has 0 unspecified atom stereocenters. The number of hydrogen-bond acceptors (Lipinski definition) is 8. The molecule has 3 aliphatic rings. The topological polar surface area (TPSA) is 152 Å². The maximum Gasteiger partial charge on any atom is 0.409 e. The molecule has 1 aliphatic carbocycles. The smallest absolute Gasteiger partial charge is 0.409 e. The van der Waals surface area contributed by atoms with Gasteiger partial charge in [-0.3, -0.25) is 20.2 Å². The molecule has 6 rings (SSSR count). The highest BCUT2D eigenvalue weighted by Gasteiger charge is 2.60. The Bertz CT molecular complexity index is 1830. The van der Waals surface area contributed by atoms with Gasteiger partial charge in [0, 0.05) is 25.3 Å². The van der Waals surface area contributed by atoms with E-state index < -0.39 is 52.8 Å². The van der Waals surface area contributed by atoms with E-state index in [9.17, 15) is 24.0 Å². The summed E-state index contributed by atoms with van der Waals surface area (Å²) in [6.45, 7) is 8.83. The molecule has 0 radical (unpaired) electrons. The van der Waals surface area contributed by atoms with Crippen molar-refractivity contribution in [2.75, 3.05) is 19.8 Å². The quantitative estimate of drug-likeness (QED) is 0.109. The molecule has 12 nitrogen and oxygen atoms in total. The second-order valence-corrected chi connectivity index (χ2v) is 14.4. The fraction of sp³-hybridized carbons (Fsp3) is 0.375. The van der Waals surface area contributed by atoms with Crippen LogP contribution in [-0.4, -0.2) is 77.5 Å². The molecule has 0 spiro atoms. The summed E-state index contributed by atoms with van der Waals surface area (Å²) in [7, 11) is 0. The van der Waals surface area contributed by atoms with Gasteiger partial charge in [-0.25, -0.2) is 14.4 Å². The van der Waals surface area contributed by atoms with Crippen LogP contribution in [0.15, 0.2) is 91.5 Å². The van der Waals surface area contributed by atoms with Gasteiger partial charge >= 0.3 is 18.2 Å². The van der Waals surface area contributed by atoms with E-state index in [1.165, 1.54) is 11.0 Å². The van der Waals surface area contributed by atoms with Crippen molar-refractivity contribution in [3.05, 3.63) is 108 Å². The summed E-state index contributed by atoms with van der Waals surface area (Å²) in [6, 6.07) is 23.4. The first-order chi connectivity index (χ1) is 24.9. The molecular formula is C40H44N4O8. The third-order valence-corrected chi connectivity index (χ3v) is 9.69. The van der Waals surface area contributed by atoms with Gasteiger partial charge in [-0.1, -0.05) is 91.5 Å². The lowest BCUT2D eigenvalue weighted by atomic mass is 9.92. The first-order valence-corrected chi connectivity index (χ1v) is 17.4. The molecule has 3 N–H and O–H groups in total. The zero-order chi connectivity index (χ0) is 37.1. The maximum atomic E-state index is 14.6. The monoisotopic (exact) mass is 708 g/mol. The number of carbonyl (C=O) groups is 5. The highest BCUT2D eigenvalue weighted by atomic mass is 16.6. The number of hydrogen-bond donors (Lipinski definition) is 3. The van der Waals surface area contributed by atoms with Gasteiger partial charge in [-0.2, -0.15) is 0 Å². The Morgan fingerprint density at radius 2 is 1.50 bits per heavy atom. The van der Waals surface area contributed by atoms with Crippen molar-refractivity contribution in [3.8, 4) is 11.1 Å². The second kappa shape index (κ2) is 14.5. The molecule has 0 saturated carbocycles. The number of amides is 4. The number of nitrogens with zero attached hydrogens (tertiary/aromatic N) is 1. The maximum absolute atomic E-state index is 14.6. The predicted octanol–water partition coefficient (Wildman–Crippen LogP) is 4.97. The molecule has 3 aromatic rings. The van der Waals surface area contributed by atoms with Crippen molar-refractivity contribution in [2.45, 2.75) is 75.2 Å². The third kappa shape index (κ3) is 7.23. The number of alkyl carbamates (subject to hydrolysis) is 2. The standard InChI is InChI=1S/C40H44N4O8/c1-5-22-50-35(47)39-20-13-21-44(39)33(45)32(24-39)41-34(46)40(23-26-14-7-6-8-15-26,43-37(49)52-38(2,3)4)42-36(48)51-25-31-29-18-11-9-16-27(29)28-17-10-12-19-30(28)31/h5-12,14-19,31-32H,1,13,20-25H2,2-4H3,(H,41,46)(H,42,48)(H,43,49)/t32-,39-,40-/m1/s1. The minimum atomic E-state index is -2.20. The van der Waals surface area contributed by atoms with Crippen LogP contribution in [0.25, 0.3) is 11.1 Å². The van der Waals surface area contributed by atoms with Crippen LogP contribution in [-0.2, 0) is 35.0 Å². The van der Waals surface area contributed by atoms with E-state index in [2.05, 4.69) is 22.5 Å². The second-order valence-electron chi connectivity index (χ2n) is 14.4. The molecule has 0 aromatic heterocycles. The van der Waals surface area contributed by atoms with Crippen LogP contribution < -0.4 is 16.0 Å². The Balaban J connectivity index is 1.30. The van der Waals surface area contributed by atoms with Gasteiger partial charge in [0.2, 0.25) is 11.6 Å². The minimum absolute atomic E-state index is 0.0241. The number of fused-ring (bicyclic) bond motifs is 4. The summed E-state index contributed by atoms with van der Waals surface area (Å²) in [5, 5.41) is 8.02. The fourth-order valence-corrected chi connectivity index (χ4v) is 7.49. The van der Waals surface area contributed by atoms with Crippen molar-refractivity contribution < 1.29 is 38.2 Å². The average molecular weight is 709 g/mol. The molecule has 2 saturated heterocycles. The van der Waals surface area contributed by atoms with Crippen LogP contribution >= 0.6 is 0 Å². The highest BCUT2D eigenvalue weighted by molar-refractivity contribution is 6.00. The summed E-state index contributed by atoms with van der Waals surface area (Å²) >= 11 is 0. The van der Waals surface area contributed by atoms with Gasteiger partial charge in [0.25, 0.3) is 5.91 Å². The zero-order valence-corrected chi connectivity index (χ0v) is 29.6. The molecule has 3 aromatic carbocycles. The molecule has 2 heterocycles. The number of rotatable bonds is 11. The summed E-state index contributed by atoms with van der Waals surface area (Å²) in [5.74, 6) is -2.21. The number of nitrogens with one attached hydrogen (secondary N) is 3. The number of ether oxygens (including phenoxy) is 3. The van der Waals surface area contributed by atoms with Crippen molar-refractivity contribution in [3.63, 3.8) is 0 Å². The lowest BCUT2D eigenvalue weighted by Crippen LogP contribution is -2.71. The SMILES string of the molecule is C=CCOC(=O)[C@]12CCCN1C(=O)[C@H](NC(=O)[C@](Cc1ccccc1)(NC(=O)OCC1c3ccccc3-c3ccccc31)NC(=O)OC(C)(C)C)C2. The Morgan fingerprint density at radius 1 is 0.885 bits per heavy atom. The first kappa shape index (κ1) is 36.2. The lowest BCUT2D eigenvalue weighted by Gasteiger charge is -2.35. The Hall–Kier alpha value is -5.65. The molecule has 2 fully saturated rings. The van der Waals surface area contributed by atoms with E-state index in [4.69, 9.17) is 14.2 Å². The van der Waals surface area contributed by atoms with Crippen molar-refractivity contribution >= 4 is 30.0 Å². The van der Waals surface area contributed by atoms with Crippen LogP contribution in [0.4, 0.5) is 9.59 Å². The predicted molar refractivity (Wildman–Crippen MR) is 192 cm³/mol. The van der Waals surface area contributed by atoms with Crippen molar-refractivity contribution in [1.82, 2.24) is 20.9 Å². The summed E-state index contributed by atoms with van der Waals surface area (Å²) in [5.41, 5.74) is 0.265. The fourth-order valence-electron chi connectivity index (χ4n) is 7.49. The van der Waals surface area contributed by atoms with E-state index in [1.807, 2.05) is 48.5 Å². The van der Waals surface area contributed by atoms with E-state index in [1.54, 1.807) is 51.1 Å². The van der Waals surface area contributed by atoms with Gasteiger partial charge in [-0.05, 0) is 61.4 Å². The Labute approximate surface area is 302 Å². The van der Waals surface area contributed by atoms with E-state index in [0.29, 0.717) is 24.9 Å². The third-order valence-electron chi connectivity index (χ3n) is 9.69. The van der Waals surface area contributed by atoms with Gasteiger partial charge in [0.1, 0.15) is 30.4 Å². The molecule has 4 amide bonds. The lowest BCUT2D eigenvalue weighted by molar-refractivity contribution is -0.156. The molecule has 2 aliphatic heterocycles.